The summed E-state index contributed by atoms with van der Waals surface area (Å²) < 4.78 is 5.02. The molecular formula is C5H10O2S2. The normalized spacial score (nSPS) is 36.7. The van der Waals surface area contributed by atoms with Crippen LogP contribution in [0.5, 0.6) is 0 Å². The topological polar surface area (TPSA) is 29.5 Å². The highest BCUT2D eigenvalue weighted by Gasteiger charge is 2.22. The van der Waals surface area contributed by atoms with Crippen molar-refractivity contribution in [2.45, 2.75) is 12.2 Å². The average molecular weight is 166 g/mol. The molecule has 2 atom stereocenters. The molecule has 54 valence electrons. The maximum atomic E-state index is 9.21. The molecule has 1 heterocycles. The summed E-state index contributed by atoms with van der Waals surface area (Å²) >= 11 is 0. The fourth-order valence-electron chi connectivity index (χ4n) is 0.677. The molecule has 1 aliphatic rings. The number of rotatable bonds is 1. The molecular weight excluding hydrogens is 156 g/mol. The Morgan fingerprint density at radius 1 is 1.44 bits per heavy atom. The van der Waals surface area contributed by atoms with Gasteiger partial charge in [-0.1, -0.05) is 21.6 Å². The molecule has 0 saturated carbocycles. The highest BCUT2D eigenvalue weighted by Crippen LogP contribution is 2.30. The quantitative estimate of drug-likeness (QED) is 0.582. The van der Waals surface area contributed by atoms with Gasteiger partial charge in [0.15, 0.2) is 0 Å². The molecule has 1 rings (SSSR count). The maximum absolute atomic E-state index is 9.21. The molecule has 2 unspecified atom stereocenters. The highest BCUT2D eigenvalue weighted by atomic mass is 33.1. The van der Waals surface area contributed by atoms with Crippen LogP contribution in [0.4, 0.5) is 0 Å². The van der Waals surface area contributed by atoms with Crippen molar-refractivity contribution < 1.29 is 9.84 Å². The predicted octanol–water partition coefficient (Wildman–Crippen LogP) is 0.757. The third-order valence-corrected chi connectivity index (χ3v) is 3.71. The Balaban J connectivity index is 2.30. The van der Waals surface area contributed by atoms with Crippen LogP contribution in [0.15, 0.2) is 0 Å². The molecule has 0 bridgehead atoms. The van der Waals surface area contributed by atoms with Crippen molar-refractivity contribution >= 4 is 21.6 Å². The first kappa shape index (κ1) is 7.72. The van der Waals surface area contributed by atoms with Crippen LogP contribution in [-0.4, -0.2) is 35.9 Å². The Bertz CT molecular complexity index is 89.0. The van der Waals surface area contributed by atoms with E-state index in [2.05, 4.69) is 0 Å². The molecule has 4 heteroatoms. The molecule has 0 aliphatic carbocycles. The second-order valence-corrected chi connectivity index (χ2v) is 4.46. The summed E-state index contributed by atoms with van der Waals surface area (Å²) in [7, 11) is 5.12. The lowest BCUT2D eigenvalue weighted by Gasteiger charge is -2.24. The lowest BCUT2D eigenvalue weighted by atomic mass is 10.2. The lowest BCUT2D eigenvalue weighted by molar-refractivity contribution is 0.0149. The van der Waals surface area contributed by atoms with E-state index in [1.54, 1.807) is 28.7 Å². The third kappa shape index (κ3) is 2.04. The van der Waals surface area contributed by atoms with Crippen molar-refractivity contribution in [2.75, 3.05) is 18.6 Å². The monoisotopic (exact) mass is 166 g/mol. The summed E-state index contributed by atoms with van der Waals surface area (Å²) in [5, 5.41) is 9.21. The predicted molar refractivity (Wildman–Crippen MR) is 41.7 cm³/mol. The summed E-state index contributed by atoms with van der Waals surface area (Å²) in [6.45, 7) is 0. The van der Waals surface area contributed by atoms with Gasteiger partial charge in [0.2, 0.25) is 0 Å². The lowest BCUT2D eigenvalue weighted by Crippen LogP contribution is -2.34. The van der Waals surface area contributed by atoms with Gasteiger partial charge in [0.25, 0.3) is 0 Å². The molecule has 2 nitrogen and oxygen atoms in total. The zero-order valence-electron chi connectivity index (χ0n) is 5.24. The second-order valence-electron chi connectivity index (χ2n) is 1.91. The molecule has 0 aromatic heterocycles. The number of aliphatic hydroxyl groups is 1. The largest absolute Gasteiger partial charge is 0.389 e. The van der Waals surface area contributed by atoms with E-state index in [-0.39, 0.29) is 12.2 Å². The van der Waals surface area contributed by atoms with E-state index in [0.29, 0.717) is 0 Å². The molecule has 0 aromatic rings. The van der Waals surface area contributed by atoms with Crippen LogP contribution in [0, 0.1) is 0 Å². The van der Waals surface area contributed by atoms with E-state index >= 15 is 0 Å². The van der Waals surface area contributed by atoms with Gasteiger partial charge in [-0.3, -0.25) is 0 Å². The fraction of sp³-hybridized carbons (Fsp3) is 1.00. The van der Waals surface area contributed by atoms with Crippen molar-refractivity contribution in [2.24, 2.45) is 0 Å². The van der Waals surface area contributed by atoms with Crippen LogP contribution in [0.1, 0.15) is 0 Å². The minimum atomic E-state index is -0.263. The Kier molecular flexibility index (Phi) is 3.18. The molecule has 0 radical (unpaired) electrons. The zero-order valence-corrected chi connectivity index (χ0v) is 6.87. The van der Waals surface area contributed by atoms with Gasteiger partial charge in [-0.05, 0) is 0 Å². The summed E-state index contributed by atoms with van der Waals surface area (Å²) in [4.78, 5) is 0. The molecule has 1 fully saturated rings. The first-order chi connectivity index (χ1) is 4.34. The van der Waals surface area contributed by atoms with Gasteiger partial charge in [-0.2, -0.15) is 0 Å². The first-order valence-electron chi connectivity index (χ1n) is 2.80. The van der Waals surface area contributed by atoms with Crippen LogP contribution < -0.4 is 0 Å². The van der Waals surface area contributed by atoms with Crippen molar-refractivity contribution in [1.82, 2.24) is 0 Å². The van der Waals surface area contributed by atoms with Gasteiger partial charge >= 0.3 is 0 Å². The van der Waals surface area contributed by atoms with E-state index in [4.69, 9.17) is 4.74 Å². The van der Waals surface area contributed by atoms with Crippen LogP contribution in [-0.2, 0) is 4.74 Å². The SMILES string of the molecule is COC1CSSCC1O. The fourth-order valence-corrected chi connectivity index (χ4v) is 3.11. The summed E-state index contributed by atoms with van der Waals surface area (Å²) in [6, 6.07) is 0. The van der Waals surface area contributed by atoms with Crippen molar-refractivity contribution in [3.05, 3.63) is 0 Å². The van der Waals surface area contributed by atoms with Crippen molar-refractivity contribution in [1.29, 1.82) is 0 Å². The van der Waals surface area contributed by atoms with Gasteiger partial charge in [0.05, 0.1) is 12.2 Å². The number of hydrogen-bond donors (Lipinski definition) is 1. The summed E-state index contributed by atoms with van der Waals surface area (Å²) in [5.74, 6) is 1.70. The van der Waals surface area contributed by atoms with Crippen LogP contribution in [0.2, 0.25) is 0 Å². The van der Waals surface area contributed by atoms with E-state index in [0.717, 1.165) is 11.5 Å². The number of ether oxygens (including phenoxy) is 1. The third-order valence-electron chi connectivity index (χ3n) is 1.29. The van der Waals surface area contributed by atoms with Gasteiger partial charge in [0.1, 0.15) is 0 Å². The molecule has 1 aliphatic heterocycles. The highest BCUT2D eigenvalue weighted by molar-refractivity contribution is 8.76. The molecule has 0 amide bonds. The Labute approximate surface area is 62.7 Å². The standard InChI is InChI=1S/C5H10O2S2/c1-7-5-3-9-8-2-4(5)6/h4-6H,2-3H2,1H3. The van der Waals surface area contributed by atoms with E-state index < -0.39 is 0 Å². The number of hydrogen-bond acceptors (Lipinski definition) is 4. The van der Waals surface area contributed by atoms with Gasteiger partial charge in [-0.15, -0.1) is 0 Å². The van der Waals surface area contributed by atoms with Crippen molar-refractivity contribution in [3.63, 3.8) is 0 Å². The van der Waals surface area contributed by atoms with Gasteiger partial charge < -0.3 is 9.84 Å². The average Bonchev–Trinajstić information content (AvgIpc) is 1.89. The maximum Gasteiger partial charge on any atom is 0.0937 e. The molecule has 9 heavy (non-hydrogen) atoms. The molecule has 1 saturated heterocycles. The zero-order chi connectivity index (χ0) is 6.69. The Hall–Kier alpha value is 0.620. The minimum Gasteiger partial charge on any atom is -0.389 e. The smallest absolute Gasteiger partial charge is 0.0937 e. The second kappa shape index (κ2) is 3.71. The van der Waals surface area contributed by atoms with Crippen LogP contribution in [0.25, 0.3) is 0 Å². The summed E-state index contributed by atoms with van der Waals surface area (Å²) in [6.07, 6.45) is -0.211. The van der Waals surface area contributed by atoms with E-state index in [9.17, 15) is 5.11 Å². The molecule has 0 aromatic carbocycles. The number of aliphatic hydroxyl groups excluding tert-OH is 1. The Morgan fingerprint density at radius 3 is 2.56 bits per heavy atom. The minimum absolute atomic E-state index is 0.0521. The van der Waals surface area contributed by atoms with Crippen molar-refractivity contribution in [3.8, 4) is 0 Å². The number of methoxy groups -OCH3 is 1. The van der Waals surface area contributed by atoms with Crippen LogP contribution >= 0.6 is 21.6 Å². The van der Waals surface area contributed by atoms with E-state index in [1.165, 1.54) is 0 Å². The molecule has 1 N–H and O–H groups in total. The van der Waals surface area contributed by atoms with Gasteiger partial charge in [-0.25, -0.2) is 0 Å². The molecule has 0 spiro atoms. The summed E-state index contributed by atoms with van der Waals surface area (Å²) in [5.41, 5.74) is 0. The van der Waals surface area contributed by atoms with Crippen LogP contribution in [0.3, 0.4) is 0 Å². The van der Waals surface area contributed by atoms with Gasteiger partial charge in [0, 0.05) is 18.6 Å². The first-order valence-corrected chi connectivity index (χ1v) is 5.28. The van der Waals surface area contributed by atoms with E-state index in [1.807, 2.05) is 0 Å². The Morgan fingerprint density at radius 2 is 2.11 bits per heavy atom.